The van der Waals surface area contributed by atoms with Crippen LogP contribution in [-0.2, 0) is 11.2 Å². The summed E-state index contributed by atoms with van der Waals surface area (Å²) < 4.78 is 5.69. The minimum atomic E-state index is -0.839. The Morgan fingerprint density at radius 1 is 1.14 bits per heavy atom. The second-order valence-corrected chi connectivity index (χ2v) is 11.1. The molecule has 0 amide bonds. The first-order valence-electron chi connectivity index (χ1n) is 12.6. The number of carbonyl (C=O) groups is 1. The van der Waals surface area contributed by atoms with Crippen molar-refractivity contribution in [1.29, 1.82) is 0 Å². The molecule has 2 aromatic rings. The minimum absolute atomic E-state index is 0.0342. The molecule has 35 heavy (non-hydrogen) atoms. The molecule has 3 rings (SSSR count). The molecule has 0 aromatic carbocycles. The molecular formula is C28H43N3O4. The van der Waals surface area contributed by atoms with Gasteiger partial charge in [-0.05, 0) is 58.4 Å². The molecule has 0 aliphatic carbocycles. The Kier molecular flexibility index (Phi) is 10.1. The molecule has 2 N–H and O–H groups in total. The highest BCUT2D eigenvalue weighted by molar-refractivity contribution is 5.84. The van der Waals surface area contributed by atoms with Crippen LogP contribution in [0.25, 0.3) is 11.1 Å². The fourth-order valence-corrected chi connectivity index (χ4v) is 3.85. The Bertz CT molecular complexity index is 949. The van der Waals surface area contributed by atoms with Crippen molar-refractivity contribution in [2.45, 2.75) is 86.2 Å². The van der Waals surface area contributed by atoms with E-state index >= 15 is 0 Å². The topological polar surface area (TPSA) is 95.8 Å². The smallest absolute Gasteiger partial charge is 0.307 e. The molecule has 0 spiro atoms. The molecule has 0 radical (unpaired) electrons. The van der Waals surface area contributed by atoms with Gasteiger partial charge in [-0.15, -0.1) is 0 Å². The molecule has 1 aliphatic rings. The van der Waals surface area contributed by atoms with Gasteiger partial charge in [0, 0.05) is 53.9 Å². The molecular weight excluding hydrogens is 442 g/mol. The van der Waals surface area contributed by atoms with Gasteiger partial charge in [-0.25, -0.2) is 4.98 Å². The predicted molar refractivity (Wildman–Crippen MR) is 141 cm³/mol. The average Bonchev–Trinajstić information content (AvgIpc) is 2.75. The second-order valence-electron chi connectivity index (χ2n) is 11.1. The number of nitrogens with zero attached hydrogens (tertiary/aromatic N) is 3. The molecule has 7 nitrogen and oxygen atoms in total. The fraction of sp³-hybridized carbons (Fsp3) is 0.607. The standard InChI is InChI=1S/C24H33N3O3.C4H10O/c1-5-6-13-30-21-8-7-18(15-26-21)20-16-25-17(2)19(14-22(28)29)23(20)27-11-9-24(3,4)10-12-27;1-4(2,3)5/h7-8,15-16H,5-6,9-14H2,1-4H3,(H,28,29);5H,1-3H3. The predicted octanol–water partition coefficient (Wildman–Crippen LogP) is 5.66. The van der Waals surface area contributed by atoms with Crippen LogP contribution in [0.4, 0.5) is 5.69 Å². The van der Waals surface area contributed by atoms with Crippen LogP contribution in [0.2, 0.25) is 0 Å². The van der Waals surface area contributed by atoms with Crippen molar-refractivity contribution in [2.75, 3.05) is 24.6 Å². The summed E-state index contributed by atoms with van der Waals surface area (Å²) in [5.41, 5.74) is 4.23. The highest BCUT2D eigenvalue weighted by Gasteiger charge is 2.29. The van der Waals surface area contributed by atoms with Crippen LogP contribution in [0.1, 0.15) is 78.5 Å². The van der Waals surface area contributed by atoms with Gasteiger partial charge in [0.1, 0.15) is 0 Å². The lowest BCUT2D eigenvalue weighted by atomic mass is 9.82. The van der Waals surface area contributed by atoms with E-state index in [2.05, 4.69) is 35.6 Å². The van der Waals surface area contributed by atoms with Gasteiger partial charge in [-0.3, -0.25) is 9.78 Å². The average molecular weight is 486 g/mol. The Morgan fingerprint density at radius 3 is 2.29 bits per heavy atom. The number of carboxylic acid groups (broad SMARTS) is 1. The molecule has 0 atom stereocenters. The van der Waals surface area contributed by atoms with E-state index in [1.807, 2.05) is 25.3 Å². The number of anilines is 1. The van der Waals surface area contributed by atoms with Crippen LogP contribution < -0.4 is 9.64 Å². The van der Waals surface area contributed by atoms with Gasteiger partial charge in [0.2, 0.25) is 5.88 Å². The van der Waals surface area contributed by atoms with Crippen LogP contribution in [0.3, 0.4) is 0 Å². The number of aliphatic hydroxyl groups is 1. The summed E-state index contributed by atoms with van der Waals surface area (Å²) in [5.74, 6) is -0.229. The molecule has 0 bridgehead atoms. The third-order valence-electron chi connectivity index (χ3n) is 5.92. The SMILES string of the molecule is CC(C)(C)O.CCCCOc1ccc(-c2cnc(C)c(CC(=O)O)c2N2CCC(C)(C)CC2)cn1. The lowest BCUT2D eigenvalue weighted by molar-refractivity contribution is -0.136. The van der Waals surface area contributed by atoms with E-state index in [0.29, 0.717) is 17.9 Å². The number of piperidine rings is 1. The Hall–Kier alpha value is -2.67. The number of carboxylic acids is 1. The normalized spacial score (nSPS) is 15.3. The Balaban J connectivity index is 0.000000784. The number of aryl methyl sites for hydroxylation is 1. The number of hydrogen-bond acceptors (Lipinski definition) is 6. The fourth-order valence-electron chi connectivity index (χ4n) is 3.85. The largest absolute Gasteiger partial charge is 0.481 e. The van der Waals surface area contributed by atoms with Gasteiger partial charge >= 0.3 is 5.97 Å². The van der Waals surface area contributed by atoms with Gasteiger partial charge in [-0.2, -0.15) is 0 Å². The van der Waals surface area contributed by atoms with Crippen LogP contribution in [0.5, 0.6) is 5.88 Å². The number of hydrogen-bond donors (Lipinski definition) is 2. The summed E-state index contributed by atoms with van der Waals surface area (Å²) in [4.78, 5) is 22.9. The van der Waals surface area contributed by atoms with Crippen molar-refractivity contribution in [2.24, 2.45) is 5.41 Å². The van der Waals surface area contributed by atoms with E-state index in [0.717, 1.165) is 66.8 Å². The summed E-state index contributed by atoms with van der Waals surface area (Å²) in [6, 6.07) is 3.87. The number of aliphatic carboxylic acids is 1. The van der Waals surface area contributed by atoms with Gasteiger partial charge < -0.3 is 19.8 Å². The van der Waals surface area contributed by atoms with Crippen LogP contribution in [0.15, 0.2) is 24.5 Å². The minimum Gasteiger partial charge on any atom is -0.481 e. The second kappa shape index (κ2) is 12.3. The first kappa shape index (κ1) is 28.6. The van der Waals surface area contributed by atoms with Crippen molar-refractivity contribution < 1.29 is 19.7 Å². The van der Waals surface area contributed by atoms with E-state index in [1.165, 1.54) is 0 Å². The Morgan fingerprint density at radius 2 is 1.77 bits per heavy atom. The molecule has 7 heteroatoms. The molecule has 1 saturated heterocycles. The van der Waals surface area contributed by atoms with Crippen LogP contribution in [0, 0.1) is 12.3 Å². The van der Waals surface area contributed by atoms with Crippen molar-refractivity contribution in [3.05, 3.63) is 35.8 Å². The van der Waals surface area contributed by atoms with Gasteiger partial charge in [0.25, 0.3) is 0 Å². The lowest BCUT2D eigenvalue weighted by Gasteiger charge is -2.40. The van der Waals surface area contributed by atoms with E-state index in [-0.39, 0.29) is 6.42 Å². The van der Waals surface area contributed by atoms with Crippen molar-refractivity contribution >= 4 is 11.7 Å². The zero-order valence-corrected chi connectivity index (χ0v) is 22.5. The van der Waals surface area contributed by atoms with Crippen molar-refractivity contribution in [3.8, 4) is 17.0 Å². The molecule has 1 fully saturated rings. The number of unbranched alkanes of at least 4 members (excludes halogenated alkanes) is 1. The van der Waals surface area contributed by atoms with Gasteiger partial charge in [0.15, 0.2) is 0 Å². The number of aromatic nitrogens is 2. The highest BCUT2D eigenvalue weighted by atomic mass is 16.5. The molecule has 0 unspecified atom stereocenters. The first-order chi connectivity index (χ1) is 16.3. The van der Waals surface area contributed by atoms with Crippen molar-refractivity contribution in [3.63, 3.8) is 0 Å². The van der Waals surface area contributed by atoms with E-state index in [1.54, 1.807) is 27.0 Å². The zero-order chi connectivity index (χ0) is 26.2. The maximum atomic E-state index is 11.6. The van der Waals surface area contributed by atoms with Gasteiger partial charge in [0.05, 0.1) is 24.3 Å². The summed E-state index contributed by atoms with van der Waals surface area (Å²) >= 11 is 0. The van der Waals surface area contributed by atoms with Gasteiger partial charge in [-0.1, -0.05) is 27.2 Å². The molecule has 0 saturated carbocycles. The summed E-state index contributed by atoms with van der Waals surface area (Å²) in [5, 5.41) is 18.0. The summed E-state index contributed by atoms with van der Waals surface area (Å²) in [6.45, 7) is 16.3. The van der Waals surface area contributed by atoms with E-state index in [4.69, 9.17) is 9.84 Å². The summed E-state index contributed by atoms with van der Waals surface area (Å²) in [6.07, 6.45) is 7.84. The van der Waals surface area contributed by atoms with E-state index in [9.17, 15) is 9.90 Å². The maximum absolute atomic E-state index is 11.6. The van der Waals surface area contributed by atoms with Crippen molar-refractivity contribution in [1.82, 2.24) is 9.97 Å². The first-order valence-corrected chi connectivity index (χ1v) is 12.6. The van der Waals surface area contributed by atoms with Crippen LogP contribution in [-0.4, -0.2) is 51.4 Å². The zero-order valence-electron chi connectivity index (χ0n) is 22.5. The third-order valence-corrected chi connectivity index (χ3v) is 5.92. The lowest BCUT2D eigenvalue weighted by Crippen LogP contribution is -2.38. The monoisotopic (exact) mass is 485 g/mol. The molecule has 3 heterocycles. The molecule has 194 valence electrons. The molecule has 2 aromatic heterocycles. The maximum Gasteiger partial charge on any atom is 0.307 e. The summed E-state index contributed by atoms with van der Waals surface area (Å²) in [7, 11) is 0. The highest BCUT2D eigenvalue weighted by Crippen LogP contribution is 2.39. The molecule has 1 aliphatic heterocycles. The van der Waals surface area contributed by atoms with E-state index < -0.39 is 11.6 Å². The van der Waals surface area contributed by atoms with Crippen LogP contribution >= 0.6 is 0 Å². The third kappa shape index (κ3) is 9.48. The quantitative estimate of drug-likeness (QED) is 0.466. The number of rotatable bonds is 8. The number of pyridine rings is 2. The number of ether oxygens (including phenoxy) is 1. The Labute approximate surface area is 210 Å².